The Morgan fingerprint density at radius 3 is 2.50 bits per heavy atom. The Labute approximate surface area is 152 Å². The smallest absolute Gasteiger partial charge is 0.227 e. The van der Waals surface area contributed by atoms with E-state index in [0.717, 1.165) is 11.9 Å². The highest BCUT2D eigenvalue weighted by Crippen LogP contribution is 2.23. The Balaban J connectivity index is 0.00000441. The van der Waals surface area contributed by atoms with Crippen LogP contribution in [0.3, 0.4) is 0 Å². The first-order valence-electron chi connectivity index (χ1n) is 8.14. The lowest BCUT2D eigenvalue weighted by molar-refractivity contribution is -0.128. The van der Waals surface area contributed by atoms with Crippen LogP contribution in [0.5, 0.6) is 0 Å². The molecule has 3 N–H and O–H groups in total. The van der Waals surface area contributed by atoms with E-state index in [1.807, 2.05) is 20.8 Å². The van der Waals surface area contributed by atoms with Crippen LogP contribution in [0.1, 0.15) is 53.4 Å². The lowest BCUT2D eigenvalue weighted by atomic mass is 9.87. The quantitative estimate of drug-likeness (QED) is 0.361. The Morgan fingerprint density at radius 1 is 1.27 bits per heavy atom. The molecule has 2 atom stereocenters. The maximum Gasteiger partial charge on any atom is 0.227 e. The van der Waals surface area contributed by atoms with Crippen LogP contribution in [0, 0.1) is 11.3 Å². The van der Waals surface area contributed by atoms with E-state index >= 15 is 0 Å². The SMILES string of the molecule is CCNC(=O)C(C)(C)CNC(=NC)NC1CCCC(C)C1.I. The second kappa shape index (κ2) is 10.3. The van der Waals surface area contributed by atoms with Crippen molar-refractivity contribution in [1.82, 2.24) is 16.0 Å². The minimum atomic E-state index is -0.451. The Kier molecular flexibility index (Phi) is 10.0. The molecule has 0 aromatic heterocycles. The molecule has 2 unspecified atom stereocenters. The largest absolute Gasteiger partial charge is 0.356 e. The molecule has 22 heavy (non-hydrogen) atoms. The van der Waals surface area contributed by atoms with Crippen LogP contribution >= 0.6 is 24.0 Å². The number of guanidine groups is 1. The molecule has 1 aliphatic carbocycles. The van der Waals surface area contributed by atoms with Crippen LogP contribution in [0.25, 0.3) is 0 Å². The molecular formula is C16H33IN4O. The molecule has 0 radical (unpaired) electrons. The number of carbonyl (C=O) groups excluding carboxylic acids is 1. The van der Waals surface area contributed by atoms with E-state index in [1.165, 1.54) is 25.7 Å². The summed E-state index contributed by atoms with van der Waals surface area (Å²) >= 11 is 0. The molecule has 130 valence electrons. The van der Waals surface area contributed by atoms with Crippen LogP contribution in [-0.4, -0.2) is 38.0 Å². The third-order valence-electron chi connectivity index (χ3n) is 4.15. The topological polar surface area (TPSA) is 65.5 Å². The maximum absolute atomic E-state index is 12.0. The fourth-order valence-corrected chi connectivity index (χ4v) is 2.74. The summed E-state index contributed by atoms with van der Waals surface area (Å²) in [5.41, 5.74) is -0.451. The summed E-state index contributed by atoms with van der Waals surface area (Å²) in [7, 11) is 1.78. The monoisotopic (exact) mass is 424 g/mol. The van der Waals surface area contributed by atoms with Crippen molar-refractivity contribution in [3.63, 3.8) is 0 Å². The van der Waals surface area contributed by atoms with E-state index in [-0.39, 0.29) is 29.9 Å². The second-order valence-electron chi connectivity index (χ2n) is 6.78. The van der Waals surface area contributed by atoms with Gasteiger partial charge in [0.05, 0.1) is 5.41 Å². The zero-order chi connectivity index (χ0) is 15.9. The molecule has 1 aliphatic rings. The Bertz CT molecular complexity index is 371. The van der Waals surface area contributed by atoms with E-state index in [9.17, 15) is 4.79 Å². The van der Waals surface area contributed by atoms with Gasteiger partial charge in [-0.05, 0) is 39.5 Å². The Morgan fingerprint density at radius 2 is 1.95 bits per heavy atom. The van der Waals surface area contributed by atoms with Gasteiger partial charge in [0, 0.05) is 26.2 Å². The van der Waals surface area contributed by atoms with E-state index in [4.69, 9.17) is 0 Å². The molecule has 0 bridgehead atoms. The average molecular weight is 424 g/mol. The first-order valence-corrected chi connectivity index (χ1v) is 8.14. The highest BCUT2D eigenvalue weighted by molar-refractivity contribution is 14.0. The minimum Gasteiger partial charge on any atom is -0.356 e. The molecular weight excluding hydrogens is 391 g/mol. The van der Waals surface area contributed by atoms with Crippen LogP contribution in [0.15, 0.2) is 4.99 Å². The molecule has 1 amide bonds. The second-order valence-corrected chi connectivity index (χ2v) is 6.78. The van der Waals surface area contributed by atoms with Crippen LogP contribution in [0.4, 0.5) is 0 Å². The highest BCUT2D eigenvalue weighted by Gasteiger charge is 2.27. The van der Waals surface area contributed by atoms with E-state index in [2.05, 4.69) is 27.9 Å². The summed E-state index contributed by atoms with van der Waals surface area (Å²) in [6.45, 7) is 9.37. The number of halogens is 1. The van der Waals surface area contributed by atoms with E-state index in [0.29, 0.717) is 19.1 Å². The minimum absolute atomic E-state index is 0. The van der Waals surface area contributed by atoms with Gasteiger partial charge >= 0.3 is 0 Å². The standard InChI is InChI=1S/C16H32N4O.HI/c1-6-18-14(21)16(3,4)11-19-15(17-5)20-13-9-7-8-12(2)10-13;/h12-13H,6-11H2,1-5H3,(H,18,21)(H2,17,19,20);1H. The molecule has 6 heteroatoms. The number of carbonyl (C=O) groups is 1. The zero-order valence-corrected chi connectivity index (χ0v) is 17.0. The highest BCUT2D eigenvalue weighted by atomic mass is 127. The molecule has 1 rings (SSSR count). The van der Waals surface area contributed by atoms with Crippen molar-refractivity contribution in [3.05, 3.63) is 0 Å². The van der Waals surface area contributed by atoms with Gasteiger partial charge in [-0.2, -0.15) is 0 Å². The van der Waals surface area contributed by atoms with Gasteiger partial charge in [0.1, 0.15) is 0 Å². The summed E-state index contributed by atoms with van der Waals surface area (Å²) < 4.78 is 0. The van der Waals surface area contributed by atoms with Crippen molar-refractivity contribution in [3.8, 4) is 0 Å². The molecule has 0 heterocycles. The van der Waals surface area contributed by atoms with Crippen molar-refractivity contribution >= 4 is 35.8 Å². The van der Waals surface area contributed by atoms with Crippen molar-refractivity contribution in [2.75, 3.05) is 20.1 Å². The molecule has 5 nitrogen and oxygen atoms in total. The zero-order valence-electron chi connectivity index (χ0n) is 14.7. The number of hydrogen-bond donors (Lipinski definition) is 3. The normalized spacial score (nSPS) is 22.5. The van der Waals surface area contributed by atoms with Gasteiger partial charge in [0.25, 0.3) is 0 Å². The molecule has 0 saturated heterocycles. The van der Waals surface area contributed by atoms with E-state index in [1.54, 1.807) is 7.05 Å². The van der Waals surface area contributed by atoms with Crippen LogP contribution in [0.2, 0.25) is 0 Å². The number of nitrogens with one attached hydrogen (secondary N) is 3. The van der Waals surface area contributed by atoms with Gasteiger partial charge in [0.15, 0.2) is 5.96 Å². The first-order chi connectivity index (χ1) is 9.89. The number of rotatable bonds is 5. The summed E-state index contributed by atoms with van der Waals surface area (Å²) in [6, 6.07) is 0.493. The first kappa shape index (κ1) is 21.5. The van der Waals surface area contributed by atoms with Crippen LogP contribution < -0.4 is 16.0 Å². The predicted molar refractivity (Wildman–Crippen MR) is 104 cm³/mol. The molecule has 1 fully saturated rings. The fraction of sp³-hybridized carbons (Fsp3) is 0.875. The molecule has 0 spiro atoms. The third-order valence-corrected chi connectivity index (χ3v) is 4.15. The summed E-state index contributed by atoms with van der Waals surface area (Å²) in [5.74, 6) is 1.65. The van der Waals surface area contributed by atoms with Gasteiger partial charge in [-0.25, -0.2) is 0 Å². The Hall–Kier alpha value is -0.530. The van der Waals surface area contributed by atoms with Crippen molar-refractivity contribution in [2.24, 2.45) is 16.3 Å². The molecule has 0 aromatic carbocycles. The lowest BCUT2D eigenvalue weighted by Gasteiger charge is -2.30. The summed E-state index contributed by atoms with van der Waals surface area (Å²) in [4.78, 5) is 16.3. The predicted octanol–water partition coefficient (Wildman–Crippen LogP) is 2.51. The molecule has 0 aliphatic heterocycles. The van der Waals surface area contributed by atoms with Gasteiger partial charge in [-0.3, -0.25) is 9.79 Å². The maximum atomic E-state index is 12.0. The number of amides is 1. The summed E-state index contributed by atoms with van der Waals surface area (Å²) in [6.07, 6.45) is 5.00. The van der Waals surface area contributed by atoms with Crippen LogP contribution in [-0.2, 0) is 4.79 Å². The summed E-state index contributed by atoms with van der Waals surface area (Å²) in [5, 5.41) is 9.65. The molecule has 1 saturated carbocycles. The van der Waals surface area contributed by atoms with Gasteiger partial charge < -0.3 is 16.0 Å². The van der Waals surface area contributed by atoms with Crippen molar-refractivity contribution < 1.29 is 4.79 Å². The number of nitrogens with zero attached hydrogens (tertiary/aromatic N) is 1. The number of aliphatic imine (C=N–C) groups is 1. The lowest BCUT2D eigenvalue weighted by Crippen LogP contribution is -2.50. The van der Waals surface area contributed by atoms with Crippen molar-refractivity contribution in [2.45, 2.75) is 59.4 Å². The number of hydrogen-bond acceptors (Lipinski definition) is 2. The average Bonchev–Trinajstić information content (AvgIpc) is 2.43. The van der Waals surface area contributed by atoms with Gasteiger partial charge in [-0.1, -0.05) is 19.8 Å². The molecule has 0 aromatic rings. The third kappa shape index (κ3) is 7.15. The van der Waals surface area contributed by atoms with E-state index < -0.39 is 5.41 Å². The van der Waals surface area contributed by atoms with Crippen molar-refractivity contribution in [1.29, 1.82) is 0 Å². The van der Waals surface area contributed by atoms with Gasteiger partial charge in [0.2, 0.25) is 5.91 Å². The fourth-order valence-electron chi connectivity index (χ4n) is 2.74. The van der Waals surface area contributed by atoms with Gasteiger partial charge in [-0.15, -0.1) is 24.0 Å².